The maximum atomic E-state index is 13.2. The molecule has 0 atom stereocenters. The van der Waals surface area contributed by atoms with Crippen molar-refractivity contribution in [3.8, 4) is 0 Å². The molecule has 6 heteroatoms. The van der Waals surface area contributed by atoms with Crippen LogP contribution in [0.5, 0.6) is 0 Å². The van der Waals surface area contributed by atoms with Crippen LogP contribution in [0.15, 0.2) is 42.7 Å². The summed E-state index contributed by atoms with van der Waals surface area (Å²) in [5, 5.41) is 13.1. The van der Waals surface area contributed by atoms with Gasteiger partial charge in [0.15, 0.2) is 0 Å². The highest BCUT2D eigenvalue weighted by Gasteiger charge is 2.07. The second-order valence-electron chi connectivity index (χ2n) is 4.49. The van der Waals surface area contributed by atoms with Gasteiger partial charge in [-0.3, -0.25) is 0 Å². The number of anilines is 2. The predicted molar refractivity (Wildman–Crippen MR) is 80.2 cm³/mol. The van der Waals surface area contributed by atoms with Gasteiger partial charge in [0.2, 0.25) is 0 Å². The van der Waals surface area contributed by atoms with Gasteiger partial charge in [-0.25, -0.2) is 14.4 Å². The van der Waals surface area contributed by atoms with Crippen molar-refractivity contribution in [1.82, 2.24) is 9.97 Å². The standard InChI is InChI=1S/C15H11ClFN3O/c16-12-6-10(2-3-13(12)17)20-15-11-5-9(7-21)1-4-14(11)18-8-19-15/h1-6,8,21H,7H2,(H,18,19,20). The summed E-state index contributed by atoms with van der Waals surface area (Å²) >= 11 is 5.77. The summed E-state index contributed by atoms with van der Waals surface area (Å²) in [6.45, 7) is -0.0628. The van der Waals surface area contributed by atoms with Crippen LogP contribution in [0.25, 0.3) is 10.9 Å². The van der Waals surface area contributed by atoms with Gasteiger partial charge in [-0.15, -0.1) is 0 Å². The highest BCUT2D eigenvalue weighted by molar-refractivity contribution is 6.31. The van der Waals surface area contributed by atoms with Crippen LogP contribution < -0.4 is 5.32 Å². The minimum absolute atomic E-state index is 0.0365. The molecule has 1 heterocycles. The minimum atomic E-state index is -0.475. The lowest BCUT2D eigenvalue weighted by Gasteiger charge is -2.09. The summed E-state index contributed by atoms with van der Waals surface area (Å²) in [5.41, 5.74) is 2.13. The highest BCUT2D eigenvalue weighted by atomic mass is 35.5. The third kappa shape index (κ3) is 2.79. The van der Waals surface area contributed by atoms with E-state index in [9.17, 15) is 9.50 Å². The lowest BCUT2D eigenvalue weighted by Crippen LogP contribution is -1.97. The molecule has 0 bridgehead atoms. The number of nitrogens with one attached hydrogen (secondary N) is 1. The molecule has 2 aromatic carbocycles. The summed E-state index contributed by atoms with van der Waals surface area (Å²) in [5.74, 6) is 0.0929. The zero-order valence-electron chi connectivity index (χ0n) is 10.8. The Kier molecular flexibility index (Phi) is 3.68. The fourth-order valence-electron chi connectivity index (χ4n) is 2.01. The predicted octanol–water partition coefficient (Wildman–Crippen LogP) is 3.66. The number of hydrogen-bond donors (Lipinski definition) is 2. The van der Waals surface area contributed by atoms with Gasteiger partial charge < -0.3 is 10.4 Å². The summed E-state index contributed by atoms with van der Waals surface area (Å²) < 4.78 is 13.2. The van der Waals surface area contributed by atoms with Gasteiger partial charge in [-0.05, 0) is 35.9 Å². The smallest absolute Gasteiger partial charge is 0.141 e. The van der Waals surface area contributed by atoms with E-state index in [0.717, 1.165) is 16.5 Å². The van der Waals surface area contributed by atoms with E-state index in [1.54, 1.807) is 12.1 Å². The zero-order valence-corrected chi connectivity index (χ0v) is 11.6. The van der Waals surface area contributed by atoms with Crippen LogP contribution in [-0.4, -0.2) is 15.1 Å². The number of hydrogen-bond acceptors (Lipinski definition) is 4. The van der Waals surface area contributed by atoms with E-state index in [2.05, 4.69) is 15.3 Å². The second-order valence-corrected chi connectivity index (χ2v) is 4.89. The molecule has 0 fully saturated rings. The van der Waals surface area contributed by atoms with Gasteiger partial charge in [-0.1, -0.05) is 17.7 Å². The molecule has 21 heavy (non-hydrogen) atoms. The fraction of sp³-hybridized carbons (Fsp3) is 0.0667. The highest BCUT2D eigenvalue weighted by Crippen LogP contribution is 2.26. The van der Waals surface area contributed by atoms with Crippen molar-refractivity contribution < 1.29 is 9.50 Å². The number of rotatable bonds is 3. The Labute approximate surface area is 125 Å². The Hall–Kier alpha value is -2.24. The van der Waals surface area contributed by atoms with E-state index in [1.807, 2.05) is 12.1 Å². The minimum Gasteiger partial charge on any atom is -0.392 e. The average molecular weight is 304 g/mol. The van der Waals surface area contributed by atoms with E-state index in [4.69, 9.17) is 11.6 Å². The van der Waals surface area contributed by atoms with E-state index in [1.165, 1.54) is 18.5 Å². The molecule has 0 amide bonds. The van der Waals surface area contributed by atoms with Gasteiger partial charge in [0.1, 0.15) is 18.0 Å². The first kappa shape index (κ1) is 13.7. The monoisotopic (exact) mass is 303 g/mol. The summed E-state index contributed by atoms with van der Waals surface area (Å²) in [4.78, 5) is 8.36. The number of aliphatic hydroxyl groups excluding tert-OH is 1. The number of aliphatic hydroxyl groups is 1. The lowest BCUT2D eigenvalue weighted by atomic mass is 10.1. The van der Waals surface area contributed by atoms with E-state index in [0.29, 0.717) is 11.5 Å². The van der Waals surface area contributed by atoms with Crippen LogP contribution in [-0.2, 0) is 6.61 Å². The van der Waals surface area contributed by atoms with Crippen LogP contribution in [0.2, 0.25) is 5.02 Å². The molecular weight excluding hydrogens is 293 g/mol. The van der Waals surface area contributed by atoms with Crippen LogP contribution in [0.3, 0.4) is 0 Å². The number of nitrogens with zero attached hydrogens (tertiary/aromatic N) is 2. The number of fused-ring (bicyclic) bond motifs is 1. The summed E-state index contributed by atoms with van der Waals surface area (Å²) in [7, 11) is 0. The van der Waals surface area contributed by atoms with Crippen molar-refractivity contribution >= 4 is 34.0 Å². The Morgan fingerprint density at radius 2 is 2.00 bits per heavy atom. The largest absolute Gasteiger partial charge is 0.392 e. The molecule has 3 rings (SSSR count). The molecule has 0 aliphatic heterocycles. The van der Waals surface area contributed by atoms with Crippen molar-refractivity contribution in [2.75, 3.05) is 5.32 Å². The molecule has 0 saturated heterocycles. The van der Waals surface area contributed by atoms with E-state index < -0.39 is 5.82 Å². The van der Waals surface area contributed by atoms with Crippen LogP contribution >= 0.6 is 11.6 Å². The molecule has 0 radical (unpaired) electrons. The first-order valence-electron chi connectivity index (χ1n) is 6.24. The maximum absolute atomic E-state index is 13.2. The van der Waals surface area contributed by atoms with Gasteiger partial charge >= 0.3 is 0 Å². The van der Waals surface area contributed by atoms with E-state index >= 15 is 0 Å². The van der Waals surface area contributed by atoms with Crippen molar-refractivity contribution in [2.45, 2.75) is 6.61 Å². The van der Waals surface area contributed by atoms with Crippen molar-refractivity contribution in [1.29, 1.82) is 0 Å². The quantitative estimate of drug-likeness (QED) is 0.775. The number of benzene rings is 2. The molecule has 2 N–H and O–H groups in total. The fourth-order valence-corrected chi connectivity index (χ4v) is 2.19. The Bertz CT molecular complexity index is 810. The normalized spacial score (nSPS) is 10.8. The van der Waals surface area contributed by atoms with Crippen LogP contribution in [0.4, 0.5) is 15.9 Å². The number of aromatic nitrogens is 2. The molecular formula is C15H11ClFN3O. The van der Waals surface area contributed by atoms with Gasteiger partial charge in [0.25, 0.3) is 0 Å². The lowest BCUT2D eigenvalue weighted by molar-refractivity contribution is 0.282. The van der Waals surface area contributed by atoms with Gasteiger partial charge in [0, 0.05) is 11.1 Å². The molecule has 0 aliphatic carbocycles. The van der Waals surface area contributed by atoms with Crippen molar-refractivity contribution in [3.63, 3.8) is 0 Å². The molecule has 0 spiro atoms. The summed E-state index contributed by atoms with van der Waals surface area (Å²) in [6, 6.07) is 9.76. The molecule has 0 saturated carbocycles. The first-order chi connectivity index (χ1) is 10.2. The van der Waals surface area contributed by atoms with E-state index in [-0.39, 0.29) is 11.6 Å². The first-order valence-corrected chi connectivity index (χ1v) is 6.62. The van der Waals surface area contributed by atoms with Gasteiger partial charge in [-0.2, -0.15) is 0 Å². The SMILES string of the molecule is OCc1ccc2ncnc(Nc3ccc(F)c(Cl)c3)c2c1. The summed E-state index contributed by atoms with van der Waals surface area (Å²) in [6.07, 6.45) is 1.44. The van der Waals surface area contributed by atoms with Crippen LogP contribution in [0.1, 0.15) is 5.56 Å². The van der Waals surface area contributed by atoms with Gasteiger partial charge in [0.05, 0.1) is 17.1 Å². The third-order valence-corrected chi connectivity index (χ3v) is 3.35. The molecule has 106 valence electrons. The number of halogens is 2. The average Bonchev–Trinajstić information content (AvgIpc) is 2.51. The van der Waals surface area contributed by atoms with Crippen molar-refractivity contribution in [3.05, 3.63) is 59.1 Å². The topological polar surface area (TPSA) is 58.0 Å². The molecule has 0 unspecified atom stereocenters. The maximum Gasteiger partial charge on any atom is 0.141 e. The molecule has 1 aromatic heterocycles. The Balaban J connectivity index is 2.05. The Morgan fingerprint density at radius 1 is 1.14 bits per heavy atom. The molecule has 4 nitrogen and oxygen atoms in total. The molecule has 0 aliphatic rings. The van der Waals surface area contributed by atoms with Crippen LogP contribution in [0, 0.1) is 5.82 Å². The Morgan fingerprint density at radius 3 is 2.76 bits per heavy atom. The van der Waals surface area contributed by atoms with Crippen molar-refractivity contribution in [2.24, 2.45) is 0 Å². The second kappa shape index (κ2) is 5.63. The molecule has 3 aromatic rings. The zero-order chi connectivity index (χ0) is 14.8. The third-order valence-electron chi connectivity index (χ3n) is 3.06.